The van der Waals surface area contributed by atoms with Crippen LogP contribution >= 0.6 is 0 Å². The Hall–Kier alpha value is -1.39. The maximum absolute atomic E-state index is 12.4. The number of hydrogen-bond donors (Lipinski definition) is 1. The molecule has 0 saturated carbocycles. The molecule has 0 radical (unpaired) electrons. The highest BCUT2D eigenvalue weighted by molar-refractivity contribution is 5.44. The minimum Gasteiger partial charge on any atom is -0.483 e. The zero-order chi connectivity index (χ0) is 9.90. The molecule has 1 rings (SSSR count). The van der Waals surface area contributed by atoms with Gasteiger partial charge in [-0.3, -0.25) is 0 Å². The second kappa shape index (κ2) is 3.55. The Morgan fingerprint density at radius 3 is 2.85 bits per heavy atom. The van der Waals surface area contributed by atoms with Gasteiger partial charge in [-0.15, -0.1) is 0 Å². The summed E-state index contributed by atoms with van der Waals surface area (Å²) in [6, 6.07) is 3.06. The summed E-state index contributed by atoms with van der Waals surface area (Å²) in [4.78, 5) is 3.69. The van der Waals surface area contributed by atoms with Crippen molar-refractivity contribution in [1.82, 2.24) is 4.98 Å². The summed E-state index contributed by atoms with van der Waals surface area (Å²) in [5.41, 5.74) is 5.37. The van der Waals surface area contributed by atoms with E-state index < -0.39 is 12.5 Å². The summed E-state index contributed by atoms with van der Waals surface area (Å²) in [5.74, 6) is -2.56. The van der Waals surface area contributed by atoms with Crippen molar-refractivity contribution < 1.29 is 13.5 Å². The molecule has 0 bridgehead atoms. The number of nitrogens with two attached hydrogens (primary N) is 1. The quantitative estimate of drug-likeness (QED) is 0.785. The molecule has 0 amide bonds. The average Bonchev–Trinajstić information content (AvgIpc) is 2.01. The van der Waals surface area contributed by atoms with Crippen molar-refractivity contribution in [3.05, 3.63) is 18.3 Å². The van der Waals surface area contributed by atoms with Crippen LogP contribution in [0.3, 0.4) is 0 Å². The van der Waals surface area contributed by atoms with E-state index in [9.17, 15) is 8.78 Å². The van der Waals surface area contributed by atoms with Gasteiger partial charge in [0.05, 0.1) is 0 Å². The number of ether oxygens (including phenoxy) is 1. The number of alkyl halides is 2. The number of hydrogen-bond acceptors (Lipinski definition) is 3. The average molecular weight is 188 g/mol. The topological polar surface area (TPSA) is 48.1 Å². The van der Waals surface area contributed by atoms with Crippen molar-refractivity contribution in [1.29, 1.82) is 0 Å². The normalized spacial score (nSPS) is 11.3. The van der Waals surface area contributed by atoms with Gasteiger partial charge in [-0.05, 0) is 12.1 Å². The largest absolute Gasteiger partial charge is 0.483 e. The zero-order valence-electron chi connectivity index (χ0n) is 7.13. The summed E-state index contributed by atoms with van der Waals surface area (Å²) < 4.78 is 29.5. The van der Waals surface area contributed by atoms with Crippen LogP contribution in [-0.2, 0) is 0 Å². The Labute approximate surface area is 74.5 Å². The van der Waals surface area contributed by atoms with Crippen molar-refractivity contribution in [2.24, 2.45) is 0 Å². The molecule has 0 atom stereocenters. The van der Waals surface area contributed by atoms with E-state index in [2.05, 4.69) is 4.98 Å². The standard InChI is InChI=1S/C8H10F2N2O/c1-8(9,10)5-13-6-3-2-4-12-7(6)11/h2-4H,5H2,1H3,(H2,11,12). The molecule has 0 aliphatic carbocycles. The summed E-state index contributed by atoms with van der Waals surface area (Å²) >= 11 is 0. The third-order valence-corrected chi connectivity index (χ3v) is 1.28. The van der Waals surface area contributed by atoms with Gasteiger partial charge in [0.25, 0.3) is 5.92 Å². The lowest BCUT2D eigenvalue weighted by Gasteiger charge is -2.12. The molecule has 3 nitrogen and oxygen atoms in total. The van der Waals surface area contributed by atoms with Crippen molar-refractivity contribution in [3.63, 3.8) is 0 Å². The fraction of sp³-hybridized carbons (Fsp3) is 0.375. The molecular weight excluding hydrogens is 178 g/mol. The van der Waals surface area contributed by atoms with E-state index >= 15 is 0 Å². The molecule has 2 N–H and O–H groups in total. The van der Waals surface area contributed by atoms with E-state index in [1.54, 1.807) is 6.07 Å². The van der Waals surface area contributed by atoms with Crippen LogP contribution in [0.5, 0.6) is 5.75 Å². The molecule has 72 valence electrons. The van der Waals surface area contributed by atoms with E-state index in [4.69, 9.17) is 10.5 Å². The van der Waals surface area contributed by atoms with Crippen LogP contribution in [0.4, 0.5) is 14.6 Å². The Morgan fingerprint density at radius 1 is 1.62 bits per heavy atom. The third-order valence-electron chi connectivity index (χ3n) is 1.28. The lowest BCUT2D eigenvalue weighted by atomic mass is 10.4. The molecule has 0 aliphatic rings. The fourth-order valence-electron chi connectivity index (χ4n) is 0.729. The van der Waals surface area contributed by atoms with Gasteiger partial charge in [-0.1, -0.05) is 0 Å². The van der Waals surface area contributed by atoms with Gasteiger partial charge < -0.3 is 10.5 Å². The summed E-state index contributed by atoms with van der Waals surface area (Å²) in [7, 11) is 0. The summed E-state index contributed by atoms with van der Waals surface area (Å²) in [6.45, 7) is 0.0858. The maximum Gasteiger partial charge on any atom is 0.278 e. The van der Waals surface area contributed by atoms with Crippen LogP contribution < -0.4 is 10.5 Å². The Balaban J connectivity index is 2.60. The fourth-order valence-corrected chi connectivity index (χ4v) is 0.729. The number of halogens is 2. The predicted octanol–water partition coefficient (Wildman–Crippen LogP) is 1.70. The first-order valence-corrected chi connectivity index (χ1v) is 3.70. The minimum atomic E-state index is -2.86. The Morgan fingerprint density at radius 2 is 2.31 bits per heavy atom. The first-order valence-electron chi connectivity index (χ1n) is 3.70. The van der Waals surface area contributed by atoms with Crippen LogP contribution in [0.1, 0.15) is 6.92 Å². The molecule has 1 heterocycles. The number of nitrogens with zero attached hydrogens (tertiary/aromatic N) is 1. The molecule has 0 saturated heterocycles. The number of pyridine rings is 1. The molecule has 1 aromatic rings. The van der Waals surface area contributed by atoms with Gasteiger partial charge in [-0.2, -0.15) is 0 Å². The second-order valence-corrected chi connectivity index (χ2v) is 2.75. The van der Waals surface area contributed by atoms with Crippen molar-refractivity contribution in [2.45, 2.75) is 12.8 Å². The van der Waals surface area contributed by atoms with Crippen molar-refractivity contribution in [2.75, 3.05) is 12.3 Å². The first kappa shape index (κ1) is 9.70. The first-order chi connectivity index (χ1) is 5.99. The highest BCUT2D eigenvalue weighted by atomic mass is 19.3. The molecule has 0 aliphatic heterocycles. The van der Waals surface area contributed by atoms with Crippen LogP contribution in [0.2, 0.25) is 0 Å². The number of rotatable bonds is 3. The minimum absolute atomic E-state index is 0.117. The van der Waals surface area contributed by atoms with E-state index in [1.807, 2.05) is 0 Å². The van der Waals surface area contributed by atoms with Crippen LogP contribution in [0.15, 0.2) is 18.3 Å². The van der Waals surface area contributed by atoms with Gasteiger partial charge in [0, 0.05) is 13.1 Å². The molecule has 13 heavy (non-hydrogen) atoms. The second-order valence-electron chi connectivity index (χ2n) is 2.75. The summed E-state index contributed by atoms with van der Waals surface area (Å²) in [5, 5.41) is 0. The van der Waals surface area contributed by atoms with Crippen LogP contribution in [-0.4, -0.2) is 17.5 Å². The highest BCUT2D eigenvalue weighted by Crippen LogP contribution is 2.20. The Bertz CT molecular complexity index is 286. The van der Waals surface area contributed by atoms with E-state index in [-0.39, 0.29) is 11.6 Å². The summed E-state index contributed by atoms with van der Waals surface area (Å²) in [6.07, 6.45) is 1.46. The van der Waals surface area contributed by atoms with Crippen molar-refractivity contribution >= 4 is 5.82 Å². The lowest BCUT2D eigenvalue weighted by molar-refractivity contribution is -0.0228. The van der Waals surface area contributed by atoms with Crippen LogP contribution in [0.25, 0.3) is 0 Å². The van der Waals surface area contributed by atoms with E-state index in [0.29, 0.717) is 0 Å². The van der Waals surface area contributed by atoms with Crippen LogP contribution in [0, 0.1) is 0 Å². The lowest BCUT2D eigenvalue weighted by Crippen LogP contribution is -2.21. The molecule has 0 fully saturated rings. The molecule has 0 unspecified atom stereocenters. The van der Waals surface area contributed by atoms with Gasteiger partial charge in [0.1, 0.15) is 0 Å². The molecule has 0 spiro atoms. The molecule has 5 heteroatoms. The monoisotopic (exact) mass is 188 g/mol. The smallest absolute Gasteiger partial charge is 0.278 e. The van der Waals surface area contributed by atoms with Crippen molar-refractivity contribution in [3.8, 4) is 5.75 Å². The number of aromatic nitrogens is 1. The van der Waals surface area contributed by atoms with Gasteiger partial charge in [0.15, 0.2) is 18.2 Å². The number of anilines is 1. The third kappa shape index (κ3) is 3.23. The SMILES string of the molecule is CC(F)(F)COc1cccnc1N. The Kier molecular flexibility index (Phi) is 2.65. The van der Waals surface area contributed by atoms with E-state index in [0.717, 1.165) is 6.92 Å². The van der Waals surface area contributed by atoms with E-state index in [1.165, 1.54) is 12.3 Å². The molecule has 1 aromatic heterocycles. The van der Waals surface area contributed by atoms with Gasteiger partial charge in [-0.25, -0.2) is 13.8 Å². The molecular formula is C8H10F2N2O. The van der Waals surface area contributed by atoms with Gasteiger partial charge in [0.2, 0.25) is 0 Å². The maximum atomic E-state index is 12.4. The number of nitrogen functional groups attached to an aromatic ring is 1. The molecule has 0 aromatic carbocycles. The predicted molar refractivity (Wildman–Crippen MR) is 44.8 cm³/mol. The highest BCUT2D eigenvalue weighted by Gasteiger charge is 2.22. The van der Waals surface area contributed by atoms with Gasteiger partial charge >= 0.3 is 0 Å². The zero-order valence-corrected chi connectivity index (χ0v) is 7.13.